The summed E-state index contributed by atoms with van der Waals surface area (Å²) in [4.78, 5) is 11.4. The molecule has 0 saturated carbocycles. The van der Waals surface area contributed by atoms with Crippen molar-refractivity contribution in [3.05, 3.63) is 35.4 Å². The van der Waals surface area contributed by atoms with E-state index in [1.807, 2.05) is 0 Å². The van der Waals surface area contributed by atoms with Crippen molar-refractivity contribution >= 4 is 18.3 Å². The van der Waals surface area contributed by atoms with Crippen LogP contribution in [0.1, 0.15) is 36.3 Å². The quantitative estimate of drug-likeness (QED) is 0.878. The highest BCUT2D eigenvalue weighted by molar-refractivity contribution is 5.85. The number of aryl methyl sites for hydroxylation is 1. The molecule has 3 nitrogen and oxygen atoms in total. The maximum Gasteiger partial charge on any atom is 0.221 e. The third kappa shape index (κ3) is 3.72. The van der Waals surface area contributed by atoms with Crippen molar-refractivity contribution in [2.45, 2.75) is 31.6 Å². The third-order valence-corrected chi connectivity index (χ3v) is 3.41. The van der Waals surface area contributed by atoms with Crippen LogP contribution in [0.4, 0.5) is 0 Å². The fourth-order valence-corrected chi connectivity index (χ4v) is 2.52. The predicted molar refractivity (Wildman–Crippen MR) is 76.1 cm³/mol. The van der Waals surface area contributed by atoms with Gasteiger partial charge in [-0.1, -0.05) is 24.3 Å². The van der Waals surface area contributed by atoms with Gasteiger partial charge >= 0.3 is 0 Å². The standard InChI is InChI=1S/C14H20N2O.ClH/c15-9-8-14(17)16-10-12-6-3-5-11-4-1-2-7-13(11)12;/h1-2,4,7,12H,3,5-6,8-10,15H2,(H,16,17);1H. The van der Waals surface area contributed by atoms with Gasteiger partial charge in [0.05, 0.1) is 0 Å². The molecule has 0 spiro atoms. The highest BCUT2D eigenvalue weighted by Gasteiger charge is 2.19. The SMILES string of the molecule is Cl.NCCC(=O)NCC1CCCc2ccccc21. The normalized spacial score (nSPS) is 17.5. The van der Waals surface area contributed by atoms with Crippen molar-refractivity contribution in [1.82, 2.24) is 5.32 Å². The van der Waals surface area contributed by atoms with E-state index in [2.05, 4.69) is 29.6 Å². The van der Waals surface area contributed by atoms with E-state index in [0.29, 0.717) is 18.9 Å². The van der Waals surface area contributed by atoms with Crippen molar-refractivity contribution in [3.8, 4) is 0 Å². The van der Waals surface area contributed by atoms with Gasteiger partial charge in [0.2, 0.25) is 5.91 Å². The molecule has 0 bridgehead atoms. The van der Waals surface area contributed by atoms with Crippen LogP contribution < -0.4 is 11.1 Å². The number of amides is 1. The molecule has 1 aliphatic carbocycles. The van der Waals surface area contributed by atoms with E-state index in [9.17, 15) is 4.79 Å². The third-order valence-electron chi connectivity index (χ3n) is 3.41. The van der Waals surface area contributed by atoms with Crippen LogP contribution in [0, 0.1) is 0 Å². The Morgan fingerprint density at radius 2 is 2.17 bits per heavy atom. The number of hydrogen-bond donors (Lipinski definition) is 2. The molecule has 3 N–H and O–H groups in total. The Morgan fingerprint density at radius 3 is 2.94 bits per heavy atom. The highest BCUT2D eigenvalue weighted by atomic mass is 35.5. The van der Waals surface area contributed by atoms with Gasteiger partial charge in [0.1, 0.15) is 0 Å². The summed E-state index contributed by atoms with van der Waals surface area (Å²) in [6.45, 7) is 1.17. The monoisotopic (exact) mass is 268 g/mol. The molecule has 18 heavy (non-hydrogen) atoms. The summed E-state index contributed by atoms with van der Waals surface area (Å²) in [7, 11) is 0. The number of nitrogens with one attached hydrogen (secondary N) is 1. The van der Waals surface area contributed by atoms with Crippen molar-refractivity contribution in [1.29, 1.82) is 0 Å². The molecule has 2 rings (SSSR count). The molecule has 1 aromatic rings. The lowest BCUT2D eigenvalue weighted by molar-refractivity contribution is -0.120. The zero-order chi connectivity index (χ0) is 12.1. The Labute approximate surface area is 115 Å². The van der Waals surface area contributed by atoms with Crippen LogP contribution >= 0.6 is 12.4 Å². The first-order chi connectivity index (χ1) is 8.31. The molecule has 1 aliphatic rings. The van der Waals surface area contributed by atoms with Gasteiger partial charge < -0.3 is 11.1 Å². The molecular formula is C14H21ClN2O. The summed E-state index contributed by atoms with van der Waals surface area (Å²) in [5.74, 6) is 0.539. The molecule has 1 atom stereocenters. The summed E-state index contributed by atoms with van der Waals surface area (Å²) < 4.78 is 0. The Hall–Kier alpha value is -1.06. The summed E-state index contributed by atoms with van der Waals surface area (Å²) in [6, 6.07) is 8.56. The number of fused-ring (bicyclic) bond motifs is 1. The molecule has 0 aliphatic heterocycles. The lowest BCUT2D eigenvalue weighted by atomic mass is 9.83. The average Bonchev–Trinajstić information content (AvgIpc) is 2.36. The van der Waals surface area contributed by atoms with Crippen LogP contribution in [-0.2, 0) is 11.2 Å². The minimum Gasteiger partial charge on any atom is -0.355 e. The molecule has 4 heteroatoms. The molecule has 1 unspecified atom stereocenters. The first kappa shape index (κ1) is 15.0. The van der Waals surface area contributed by atoms with Crippen LogP contribution in [0.25, 0.3) is 0 Å². The highest BCUT2D eigenvalue weighted by Crippen LogP contribution is 2.30. The van der Waals surface area contributed by atoms with E-state index in [0.717, 1.165) is 6.54 Å². The summed E-state index contributed by atoms with van der Waals surface area (Å²) in [6.07, 6.45) is 3.98. The van der Waals surface area contributed by atoms with E-state index in [4.69, 9.17) is 5.73 Å². The largest absolute Gasteiger partial charge is 0.355 e. The van der Waals surface area contributed by atoms with Gasteiger partial charge in [0.25, 0.3) is 0 Å². The molecule has 0 heterocycles. The Bertz CT molecular complexity index is 395. The maximum absolute atomic E-state index is 11.4. The van der Waals surface area contributed by atoms with Gasteiger partial charge in [-0.3, -0.25) is 4.79 Å². The van der Waals surface area contributed by atoms with Gasteiger partial charge in [0.15, 0.2) is 0 Å². The number of benzene rings is 1. The molecule has 1 aromatic carbocycles. The number of rotatable bonds is 4. The number of halogens is 1. The van der Waals surface area contributed by atoms with E-state index >= 15 is 0 Å². The minimum absolute atomic E-state index is 0. The van der Waals surface area contributed by atoms with Gasteiger partial charge in [-0.15, -0.1) is 12.4 Å². The smallest absolute Gasteiger partial charge is 0.221 e. The molecule has 0 aromatic heterocycles. The van der Waals surface area contributed by atoms with E-state index in [1.165, 1.54) is 30.4 Å². The second-order valence-electron chi connectivity index (χ2n) is 4.63. The molecule has 0 radical (unpaired) electrons. The fraction of sp³-hybridized carbons (Fsp3) is 0.500. The van der Waals surface area contributed by atoms with Crippen LogP contribution in [-0.4, -0.2) is 19.0 Å². The van der Waals surface area contributed by atoms with Crippen molar-refractivity contribution in [2.24, 2.45) is 5.73 Å². The topological polar surface area (TPSA) is 55.1 Å². The maximum atomic E-state index is 11.4. The predicted octanol–water partition coefficient (Wildman–Crippen LogP) is 1.99. The number of hydrogen-bond acceptors (Lipinski definition) is 2. The van der Waals surface area contributed by atoms with E-state index in [1.54, 1.807) is 0 Å². The second kappa shape index (κ2) is 7.39. The van der Waals surface area contributed by atoms with Crippen molar-refractivity contribution in [2.75, 3.05) is 13.1 Å². The van der Waals surface area contributed by atoms with Gasteiger partial charge in [-0.05, 0) is 30.4 Å². The van der Waals surface area contributed by atoms with Gasteiger partial charge in [-0.2, -0.15) is 0 Å². The summed E-state index contributed by atoms with van der Waals surface area (Å²) in [5.41, 5.74) is 8.20. The van der Waals surface area contributed by atoms with Crippen molar-refractivity contribution in [3.63, 3.8) is 0 Å². The molecule has 0 fully saturated rings. The number of carbonyl (C=O) groups excluding carboxylic acids is 1. The average molecular weight is 269 g/mol. The van der Waals surface area contributed by atoms with Gasteiger partial charge in [0, 0.05) is 25.4 Å². The lowest BCUT2D eigenvalue weighted by Gasteiger charge is -2.25. The molecular weight excluding hydrogens is 248 g/mol. The Balaban J connectivity index is 0.00000162. The van der Waals surface area contributed by atoms with E-state index < -0.39 is 0 Å². The summed E-state index contributed by atoms with van der Waals surface area (Å²) in [5, 5.41) is 2.98. The van der Waals surface area contributed by atoms with Crippen LogP contribution in [0.5, 0.6) is 0 Å². The Kier molecular flexibility index (Phi) is 6.16. The van der Waals surface area contributed by atoms with Crippen LogP contribution in [0.3, 0.4) is 0 Å². The zero-order valence-corrected chi connectivity index (χ0v) is 11.3. The lowest BCUT2D eigenvalue weighted by Crippen LogP contribution is -2.31. The van der Waals surface area contributed by atoms with Gasteiger partial charge in [-0.25, -0.2) is 0 Å². The van der Waals surface area contributed by atoms with E-state index in [-0.39, 0.29) is 18.3 Å². The summed E-state index contributed by atoms with van der Waals surface area (Å²) >= 11 is 0. The van der Waals surface area contributed by atoms with Crippen molar-refractivity contribution < 1.29 is 4.79 Å². The number of carbonyl (C=O) groups is 1. The fourth-order valence-electron chi connectivity index (χ4n) is 2.52. The van der Waals surface area contributed by atoms with Crippen LogP contribution in [0.15, 0.2) is 24.3 Å². The van der Waals surface area contributed by atoms with Crippen LogP contribution in [0.2, 0.25) is 0 Å². The molecule has 100 valence electrons. The first-order valence-electron chi connectivity index (χ1n) is 6.36. The zero-order valence-electron chi connectivity index (χ0n) is 10.5. The number of nitrogens with two attached hydrogens (primary N) is 1. The second-order valence-corrected chi connectivity index (χ2v) is 4.63. The molecule has 0 saturated heterocycles. The minimum atomic E-state index is 0. The first-order valence-corrected chi connectivity index (χ1v) is 6.36. The molecule has 1 amide bonds. The Morgan fingerprint density at radius 1 is 1.39 bits per heavy atom.